The van der Waals surface area contributed by atoms with Crippen LogP contribution in [-0.4, -0.2) is 9.78 Å². The van der Waals surface area contributed by atoms with Crippen molar-refractivity contribution in [3.8, 4) is 5.75 Å². The van der Waals surface area contributed by atoms with Crippen molar-refractivity contribution in [3.63, 3.8) is 0 Å². The largest absolute Gasteiger partial charge is 0.487 e. The fraction of sp³-hybridized carbons (Fsp3) is 0.167. The van der Waals surface area contributed by atoms with E-state index in [9.17, 15) is 8.78 Å². The highest BCUT2D eigenvalue weighted by molar-refractivity contribution is 9.10. The summed E-state index contributed by atoms with van der Waals surface area (Å²) in [5.74, 6) is -0.670. The van der Waals surface area contributed by atoms with Crippen LogP contribution in [0.3, 0.4) is 0 Å². The molecule has 5 nitrogen and oxygen atoms in total. The number of nitrogens with one attached hydrogen (secondary N) is 1. The van der Waals surface area contributed by atoms with Gasteiger partial charge in [-0.3, -0.25) is 4.68 Å². The molecule has 0 spiro atoms. The zero-order chi connectivity index (χ0) is 18.7. The van der Waals surface area contributed by atoms with Crippen molar-refractivity contribution in [2.45, 2.75) is 13.2 Å². The van der Waals surface area contributed by atoms with Crippen molar-refractivity contribution in [3.05, 3.63) is 70.0 Å². The van der Waals surface area contributed by atoms with Gasteiger partial charge in [-0.25, -0.2) is 8.78 Å². The molecule has 3 N–H and O–H groups in total. The minimum Gasteiger partial charge on any atom is -0.487 e. The third kappa shape index (κ3) is 4.32. The second-order valence-corrected chi connectivity index (χ2v) is 6.64. The lowest BCUT2D eigenvalue weighted by Gasteiger charge is -2.13. The third-order valence-corrected chi connectivity index (χ3v) is 4.24. The van der Waals surface area contributed by atoms with Gasteiger partial charge in [-0.15, -0.1) is 0 Å². The summed E-state index contributed by atoms with van der Waals surface area (Å²) >= 11 is 3.21. The van der Waals surface area contributed by atoms with Crippen LogP contribution in [0.25, 0.3) is 0 Å². The Kier molecular flexibility index (Phi) is 5.41. The lowest BCUT2D eigenvalue weighted by molar-refractivity contribution is 0.299. The number of rotatable bonds is 6. The van der Waals surface area contributed by atoms with Crippen molar-refractivity contribution in [2.75, 3.05) is 11.1 Å². The van der Waals surface area contributed by atoms with Gasteiger partial charge in [0, 0.05) is 42.0 Å². The Morgan fingerprint density at radius 3 is 2.69 bits per heavy atom. The molecule has 3 aromatic rings. The summed E-state index contributed by atoms with van der Waals surface area (Å²) in [6, 6.07) is 9.34. The van der Waals surface area contributed by atoms with E-state index in [1.807, 2.05) is 6.07 Å². The first-order valence-corrected chi connectivity index (χ1v) is 8.60. The molecule has 0 aliphatic rings. The van der Waals surface area contributed by atoms with Gasteiger partial charge in [0.2, 0.25) is 0 Å². The summed E-state index contributed by atoms with van der Waals surface area (Å²) in [6.07, 6.45) is 1.79. The average molecular weight is 423 g/mol. The second-order valence-electron chi connectivity index (χ2n) is 5.73. The number of halogens is 3. The summed E-state index contributed by atoms with van der Waals surface area (Å²) in [4.78, 5) is 0. The van der Waals surface area contributed by atoms with Crippen LogP contribution in [-0.2, 0) is 20.2 Å². The van der Waals surface area contributed by atoms with E-state index in [1.165, 1.54) is 12.1 Å². The standard InChI is InChI=1S/C18H17BrF2N4O/c1-25-5-4-13(24-25)10-26-14-7-16(21)18(22)17(8-14)23-9-11-2-3-12(19)6-15(11)20/h2-8,23H,9-10,22H2,1H3. The first-order valence-electron chi connectivity index (χ1n) is 7.80. The van der Waals surface area contributed by atoms with E-state index in [2.05, 4.69) is 26.3 Å². The van der Waals surface area contributed by atoms with Gasteiger partial charge < -0.3 is 15.8 Å². The Bertz CT molecular complexity index is 930. The summed E-state index contributed by atoms with van der Waals surface area (Å²) in [5, 5.41) is 7.15. The van der Waals surface area contributed by atoms with Crippen LogP contribution < -0.4 is 15.8 Å². The van der Waals surface area contributed by atoms with Gasteiger partial charge >= 0.3 is 0 Å². The van der Waals surface area contributed by atoms with Crippen LogP contribution in [0.2, 0.25) is 0 Å². The van der Waals surface area contributed by atoms with Crippen molar-refractivity contribution < 1.29 is 13.5 Å². The highest BCUT2D eigenvalue weighted by Gasteiger charge is 2.11. The summed E-state index contributed by atoms with van der Waals surface area (Å²) < 4.78 is 35.9. The molecule has 0 radical (unpaired) electrons. The number of aromatic nitrogens is 2. The van der Waals surface area contributed by atoms with Crippen molar-refractivity contribution in [1.29, 1.82) is 0 Å². The summed E-state index contributed by atoms with van der Waals surface area (Å²) in [5.41, 5.74) is 7.22. The molecule has 0 bridgehead atoms. The molecule has 3 rings (SSSR count). The van der Waals surface area contributed by atoms with E-state index in [4.69, 9.17) is 10.5 Å². The topological polar surface area (TPSA) is 65.1 Å². The number of nitrogens with two attached hydrogens (primary N) is 1. The Morgan fingerprint density at radius 1 is 1.19 bits per heavy atom. The monoisotopic (exact) mass is 422 g/mol. The van der Waals surface area contributed by atoms with E-state index < -0.39 is 5.82 Å². The molecule has 136 valence electrons. The number of nitrogen functional groups attached to an aromatic ring is 1. The predicted octanol–water partition coefficient (Wildman–Crippen LogP) is 4.23. The number of ether oxygens (including phenoxy) is 1. The maximum absolute atomic E-state index is 14.1. The summed E-state index contributed by atoms with van der Waals surface area (Å²) in [7, 11) is 1.80. The number of nitrogens with zero attached hydrogens (tertiary/aromatic N) is 2. The number of aryl methyl sites for hydroxylation is 1. The van der Waals surface area contributed by atoms with E-state index >= 15 is 0 Å². The molecule has 0 aliphatic carbocycles. The van der Waals surface area contributed by atoms with Gasteiger partial charge in [-0.1, -0.05) is 22.0 Å². The highest BCUT2D eigenvalue weighted by atomic mass is 79.9. The fourth-order valence-electron chi connectivity index (χ4n) is 2.38. The molecule has 0 fully saturated rings. The molecule has 26 heavy (non-hydrogen) atoms. The van der Waals surface area contributed by atoms with Crippen LogP contribution in [0.4, 0.5) is 20.2 Å². The molecule has 1 aromatic heterocycles. The molecule has 0 saturated heterocycles. The first-order chi connectivity index (χ1) is 12.4. The van der Waals surface area contributed by atoms with Crippen LogP contribution in [0.5, 0.6) is 5.75 Å². The lowest BCUT2D eigenvalue weighted by atomic mass is 10.2. The summed E-state index contributed by atoms with van der Waals surface area (Å²) in [6.45, 7) is 0.359. The first kappa shape index (κ1) is 18.2. The normalized spacial score (nSPS) is 10.8. The Balaban J connectivity index is 1.72. The molecule has 1 heterocycles. The lowest BCUT2D eigenvalue weighted by Crippen LogP contribution is -2.06. The molecule has 0 unspecified atom stereocenters. The maximum atomic E-state index is 14.1. The van der Waals surface area contributed by atoms with E-state index in [0.29, 0.717) is 21.5 Å². The number of hydrogen-bond donors (Lipinski definition) is 2. The minimum atomic E-state index is -0.609. The quantitative estimate of drug-likeness (QED) is 0.583. The van der Waals surface area contributed by atoms with Crippen LogP contribution >= 0.6 is 15.9 Å². The Labute approximate surface area is 157 Å². The molecule has 8 heteroatoms. The van der Waals surface area contributed by atoms with Gasteiger partial charge in [0.25, 0.3) is 0 Å². The van der Waals surface area contributed by atoms with Gasteiger partial charge in [0.1, 0.15) is 18.2 Å². The van der Waals surface area contributed by atoms with Crippen molar-refractivity contribution in [2.24, 2.45) is 7.05 Å². The molecular weight excluding hydrogens is 406 g/mol. The van der Waals surface area contributed by atoms with E-state index in [0.717, 1.165) is 5.69 Å². The molecule has 2 aromatic carbocycles. The molecule has 0 saturated carbocycles. The maximum Gasteiger partial charge on any atom is 0.151 e. The number of anilines is 2. The van der Waals surface area contributed by atoms with Gasteiger partial charge in [0.15, 0.2) is 5.82 Å². The second kappa shape index (κ2) is 7.74. The third-order valence-electron chi connectivity index (χ3n) is 3.74. The van der Waals surface area contributed by atoms with Crippen molar-refractivity contribution in [1.82, 2.24) is 9.78 Å². The smallest absolute Gasteiger partial charge is 0.151 e. The molecule has 0 aliphatic heterocycles. The van der Waals surface area contributed by atoms with Crippen LogP contribution in [0.15, 0.2) is 47.1 Å². The SMILES string of the molecule is Cn1ccc(COc2cc(F)c(N)c(NCc3ccc(Br)cc3F)c2)n1. The minimum absolute atomic E-state index is 0.0484. The average Bonchev–Trinajstić information content (AvgIpc) is 3.01. The molecule has 0 atom stereocenters. The Morgan fingerprint density at radius 2 is 2.00 bits per heavy atom. The highest BCUT2D eigenvalue weighted by Crippen LogP contribution is 2.29. The van der Waals surface area contributed by atoms with Crippen LogP contribution in [0.1, 0.15) is 11.3 Å². The van der Waals surface area contributed by atoms with Gasteiger partial charge in [0.05, 0.1) is 17.1 Å². The molecular formula is C18H17BrF2N4O. The van der Waals surface area contributed by atoms with E-state index in [1.54, 1.807) is 36.1 Å². The molecule has 0 amide bonds. The zero-order valence-corrected chi connectivity index (χ0v) is 15.6. The zero-order valence-electron chi connectivity index (χ0n) is 14.0. The number of benzene rings is 2. The van der Waals surface area contributed by atoms with Crippen molar-refractivity contribution >= 4 is 27.3 Å². The number of hydrogen-bond acceptors (Lipinski definition) is 4. The fourth-order valence-corrected chi connectivity index (χ4v) is 2.71. The van der Waals surface area contributed by atoms with E-state index in [-0.39, 0.29) is 24.7 Å². The van der Waals surface area contributed by atoms with Gasteiger partial charge in [-0.05, 0) is 18.2 Å². The Hall–Kier alpha value is -2.61. The van der Waals surface area contributed by atoms with Crippen LogP contribution in [0, 0.1) is 11.6 Å². The predicted molar refractivity (Wildman–Crippen MR) is 99.8 cm³/mol. The van der Waals surface area contributed by atoms with Gasteiger partial charge in [-0.2, -0.15) is 5.10 Å².